The molecule has 3 fully saturated rings. The number of nitrogens with zero attached hydrogens (tertiary/aromatic N) is 2. The number of piperidine rings is 3. The Kier molecular flexibility index (Phi) is 7.96. The lowest BCUT2D eigenvalue weighted by atomic mass is 9.82. The summed E-state index contributed by atoms with van der Waals surface area (Å²) >= 11 is 1.22. The number of Topliss-reactive ketones (excluding diaryl/α,β-unsaturated/α-hetero) is 1. The first-order valence-electron chi connectivity index (χ1n) is 11.9. The Hall–Kier alpha value is -3.36. The number of ketones is 1. The Morgan fingerprint density at radius 1 is 1.03 bits per heavy atom. The molecule has 3 aliphatic heterocycles. The predicted octanol–water partition coefficient (Wildman–Crippen LogP) is 4.29. The minimum Gasteiger partial charge on any atom is -0.454 e. The summed E-state index contributed by atoms with van der Waals surface area (Å²) in [4.78, 5) is 43.1. The maximum absolute atomic E-state index is 13.4. The highest BCUT2D eigenvalue weighted by Crippen LogP contribution is 2.36. The highest BCUT2D eigenvalue weighted by atomic mass is 32.1. The van der Waals surface area contributed by atoms with Gasteiger partial charge in [0.2, 0.25) is 5.78 Å². The normalized spacial score (nSPS) is 23.2. The summed E-state index contributed by atoms with van der Waals surface area (Å²) in [6, 6.07) is 17.6. The fourth-order valence-corrected chi connectivity index (χ4v) is 5.80. The quantitative estimate of drug-likeness (QED) is 0.280. The minimum atomic E-state index is -0.928. The van der Waals surface area contributed by atoms with E-state index in [9.17, 15) is 14.4 Å². The maximum atomic E-state index is 13.4. The third kappa shape index (κ3) is 5.55. The molecule has 2 bridgehead atoms. The van der Waals surface area contributed by atoms with Gasteiger partial charge >= 0.3 is 5.97 Å². The summed E-state index contributed by atoms with van der Waals surface area (Å²) in [5.74, 6) is -0.491. The van der Waals surface area contributed by atoms with Crippen molar-refractivity contribution in [1.29, 1.82) is 0 Å². The van der Waals surface area contributed by atoms with Crippen LogP contribution in [0.15, 0.2) is 72.2 Å². The number of carbonyl (C=O) groups is 3. The average Bonchev–Trinajstić information content (AvgIpc) is 3.44. The zero-order valence-electron chi connectivity index (χ0n) is 19.3. The highest BCUT2D eigenvalue weighted by molar-refractivity contribution is 7.11. The molecular weight excluding hydrogens is 474 g/mol. The monoisotopic (exact) mass is 506 g/mol. The molecule has 0 radical (unpaired) electrons. The predicted molar refractivity (Wildman–Crippen MR) is 139 cm³/mol. The van der Waals surface area contributed by atoms with Gasteiger partial charge in [0, 0.05) is 35.9 Å². The van der Waals surface area contributed by atoms with E-state index in [1.165, 1.54) is 11.3 Å². The number of quaternary nitrogens is 1. The van der Waals surface area contributed by atoms with Gasteiger partial charge in [-0.1, -0.05) is 68.1 Å². The molecule has 1 aromatic heterocycles. The molecule has 188 valence electrons. The fraction of sp³-hybridized carbons (Fsp3) is 0.357. The van der Waals surface area contributed by atoms with Crippen molar-refractivity contribution in [2.24, 2.45) is 5.92 Å². The van der Waals surface area contributed by atoms with Crippen LogP contribution in [-0.2, 0) is 9.53 Å². The standard InChI is InChI=1S/C27H27N3O4S.CH4/c31-22(19-7-3-1-4-8-19)17-30-14-11-20(12-15-30)23(18-30)34-27(33)24(21-9-5-2-6-10-21)29-25(32)26-28-13-16-35-26;/h1-10,13,16,20,23-24H,11-12,14-15,17-18H2;1H4/p+1/t20?,23-,24?,30?;/m0./s1. The van der Waals surface area contributed by atoms with Crippen LogP contribution in [0.1, 0.15) is 52.0 Å². The van der Waals surface area contributed by atoms with Gasteiger partial charge in [-0.25, -0.2) is 9.78 Å². The van der Waals surface area contributed by atoms with Gasteiger partial charge in [0.15, 0.2) is 17.2 Å². The van der Waals surface area contributed by atoms with Gasteiger partial charge in [0.05, 0.1) is 13.1 Å². The lowest BCUT2D eigenvalue weighted by Crippen LogP contribution is -2.66. The van der Waals surface area contributed by atoms with Crippen LogP contribution in [0.5, 0.6) is 0 Å². The number of benzene rings is 2. The largest absolute Gasteiger partial charge is 0.454 e. The number of amides is 1. The van der Waals surface area contributed by atoms with Gasteiger partial charge in [0.1, 0.15) is 13.1 Å². The molecule has 1 N–H and O–H groups in total. The molecule has 0 spiro atoms. The number of carbonyl (C=O) groups excluding carboxylic acids is 3. The van der Waals surface area contributed by atoms with E-state index in [-0.39, 0.29) is 25.2 Å². The third-order valence-corrected chi connectivity index (χ3v) is 7.93. The first kappa shape index (κ1) is 25.7. The molecule has 8 heteroatoms. The van der Waals surface area contributed by atoms with Gasteiger partial charge in [0.25, 0.3) is 5.91 Å². The van der Waals surface area contributed by atoms with E-state index in [4.69, 9.17) is 4.74 Å². The molecule has 3 saturated heterocycles. The summed E-state index contributed by atoms with van der Waals surface area (Å²) in [7, 11) is 0. The molecule has 2 aromatic carbocycles. The second-order valence-corrected chi connectivity index (χ2v) is 10.3. The van der Waals surface area contributed by atoms with Crippen molar-refractivity contribution in [3.05, 3.63) is 88.4 Å². The van der Waals surface area contributed by atoms with Crippen molar-refractivity contribution in [2.45, 2.75) is 32.4 Å². The molecule has 6 rings (SSSR count). The van der Waals surface area contributed by atoms with E-state index < -0.39 is 17.9 Å². The van der Waals surface area contributed by atoms with Gasteiger partial charge < -0.3 is 14.5 Å². The van der Waals surface area contributed by atoms with Crippen LogP contribution in [0.4, 0.5) is 0 Å². The first-order chi connectivity index (χ1) is 17.0. The van der Waals surface area contributed by atoms with E-state index in [0.717, 1.165) is 31.5 Å². The molecule has 3 aliphatic rings. The molecular formula is C28H32N3O4S+. The summed E-state index contributed by atoms with van der Waals surface area (Å²) in [6.07, 6.45) is 3.11. The van der Waals surface area contributed by atoms with Crippen LogP contribution in [-0.4, -0.2) is 59.4 Å². The van der Waals surface area contributed by atoms with Crippen LogP contribution in [0.2, 0.25) is 0 Å². The fourth-order valence-electron chi connectivity index (χ4n) is 5.27. The van der Waals surface area contributed by atoms with Gasteiger partial charge in [-0.2, -0.15) is 0 Å². The summed E-state index contributed by atoms with van der Waals surface area (Å²) < 4.78 is 6.72. The number of hydrogen-bond acceptors (Lipinski definition) is 6. The number of thiazole rings is 1. The number of ether oxygens (including phenoxy) is 1. The van der Waals surface area contributed by atoms with E-state index in [2.05, 4.69) is 10.3 Å². The van der Waals surface area contributed by atoms with Crippen molar-refractivity contribution in [1.82, 2.24) is 10.3 Å². The van der Waals surface area contributed by atoms with Crippen molar-refractivity contribution in [3.63, 3.8) is 0 Å². The third-order valence-electron chi connectivity index (χ3n) is 7.15. The van der Waals surface area contributed by atoms with Crippen molar-refractivity contribution in [3.8, 4) is 0 Å². The molecule has 4 heterocycles. The second kappa shape index (κ2) is 11.1. The van der Waals surface area contributed by atoms with E-state index >= 15 is 0 Å². The molecule has 0 aliphatic carbocycles. The maximum Gasteiger partial charge on any atom is 0.333 e. The number of fused-ring (bicyclic) bond motifs is 3. The lowest BCUT2D eigenvalue weighted by molar-refractivity contribution is -0.938. The zero-order chi connectivity index (χ0) is 24.3. The van der Waals surface area contributed by atoms with Crippen LogP contribution >= 0.6 is 11.3 Å². The number of rotatable bonds is 8. The molecule has 1 unspecified atom stereocenters. The summed E-state index contributed by atoms with van der Waals surface area (Å²) in [5, 5.41) is 4.82. The first-order valence-corrected chi connectivity index (χ1v) is 12.8. The zero-order valence-corrected chi connectivity index (χ0v) is 20.2. The van der Waals surface area contributed by atoms with Crippen LogP contribution in [0.3, 0.4) is 0 Å². The van der Waals surface area contributed by atoms with E-state index in [1.807, 2.05) is 48.5 Å². The summed E-state index contributed by atoms with van der Waals surface area (Å²) in [5.41, 5.74) is 1.38. The molecule has 2 atom stereocenters. The molecule has 0 saturated carbocycles. The van der Waals surface area contributed by atoms with Crippen LogP contribution < -0.4 is 5.32 Å². The van der Waals surface area contributed by atoms with E-state index in [1.54, 1.807) is 23.7 Å². The molecule has 7 nitrogen and oxygen atoms in total. The number of hydrogen-bond donors (Lipinski definition) is 1. The van der Waals surface area contributed by atoms with Crippen molar-refractivity contribution < 1.29 is 23.6 Å². The Labute approximate surface area is 215 Å². The number of nitrogens with one attached hydrogen (secondary N) is 1. The van der Waals surface area contributed by atoms with E-state index in [0.29, 0.717) is 28.1 Å². The van der Waals surface area contributed by atoms with Crippen LogP contribution in [0.25, 0.3) is 0 Å². The highest BCUT2D eigenvalue weighted by Gasteiger charge is 2.49. The SMILES string of the molecule is C.O=C(C[N+]12CCC(CC1)[C@@H](OC(=O)C(NC(=O)c1nccs1)c1ccccc1)C2)c1ccccc1. The number of esters is 1. The van der Waals surface area contributed by atoms with Crippen molar-refractivity contribution in [2.75, 3.05) is 26.2 Å². The van der Waals surface area contributed by atoms with Gasteiger partial charge in [-0.05, 0) is 5.56 Å². The number of aromatic nitrogens is 1. The topological polar surface area (TPSA) is 85.4 Å². The smallest absolute Gasteiger partial charge is 0.333 e. The average molecular weight is 507 g/mol. The molecule has 1 amide bonds. The second-order valence-electron chi connectivity index (χ2n) is 9.39. The lowest BCUT2D eigenvalue weighted by Gasteiger charge is -2.51. The Morgan fingerprint density at radius 3 is 2.33 bits per heavy atom. The van der Waals surface area contributed by atoms with Crippen molar-refractivity contribution >= 4 is 29.0 Å². The molecule has 36 heavy (non-hydrogen) atoms. The Balaban J connectivity index is 0.00000304. The van der Waals surface area contributed by atoms with Gasteiger partial charge in [-0.15, -0.1) is 11.3 Å². The van der Waals surface area contributed by atoms with Crippen LogP contribution in [0, 0.1) is 5.92 Å². The minimum absolute atomic E-state index is 0. The Morgan fingerprint density at radius 2 is 1.69 bits per heavy atom. The summed E-state index contributed by atoms with van der Waals surface area (Å²) in [6.45, 7) is 2.87. The molecule has 3 aromatic rings. The van der Waals surface area contributed by atoms with Gasteiger partial charge in [-0.3, -0.25) is 9.59 Å². The Bertz CT molecular complexity index is 1180.